The van der Waals surface area contributed by atoms with Gasteiger partial charge in [0.15, 0.2) is 5.82 Å². The van der Waals surface area contributed by atoms with Gasteiger partial charge in [-0.25, -0.2) is 0 Å². The number of nitrogens with one attached hydrogen (secondary N) is 1. The van der Waals surface area contributed by atoms with E-state index in [1.165, 1.54) is 0 Å². The van der Waals surface area contributed by atoms with Crippen LogP contribution in [0.5, 0.6) is 0 Å². The molecule has 0 spiro atoms. The lowest BCUT2D eigenvalue weighted by molar-refractivity contribution is -0.117. The molecule has 1 aromatic carbocycles. The lowest BCUT2D eigenvalue weighted by Gasteiger charge is -2.14. The minimum absolute atomic E-state index is 0.0117. The summed E-state index contributed by atoms with van der Waals surface area (Å²) in [6.07, 6.45) is 2.57. The third-order valence-corrected chi connectivity index (χ3v) is 2.89. The van der Waals surface area contributed by atoms with Crippen molar-refractivity contribution in [3.63, 3.8) is 0 Å². The van der Waals surface area contributed by atoms with Crippen molar-refractivity contribution >= 4 is 11.7 Å². The SMILES string of the molecule is CCC(C(=O)Nc1ccn(C)n1)c1ccccc1. The molecule has 0 saturated carbocycles. The molecule has 1 heterocycles. The zero-order chi connectivity index (χ0) is 13.0. The molecule has 0 saturated heterocycles. The zero-order valence-corrected chi connectivity index (χ0v) is 10.6. The Hall–Kier alpha value is -2.10. The Kier molecular flexibility index (Phi) is 3.77. The fourth-order valence-electron chi connectivity index (χ4n) is 1.95. The van der Waals surface area contributed by atoms with Crippen molar-refractivity contribution < 1.29 is 4.79 Å². The molecule has 18 heavy (non-hydrogen) atoms. The molecule has 0 aliphatic rings. The summed E-state index contributed by atoms with van der Waals surface area (Å²) in [5.74, 6) is 0.451. The number of carbonyl (C=O) groups is 1. The number of hydrogen-bond acceptors (Lipinski definition) is 2. The van der Waals surface area contributed by atoms with E-state index in [4.69, 9.17) is 0 Å². The van der Waals surface area contributed by atoms with E-state index < -0.39 is 0 Å². The summed E-state index contributed by atoms with van der Waals surface area (Å²) in [6, 6.07) is 11.6. The van der Waals surface area contributed by atoms with E-state index in [1.807, 2.05) is 44.3 Å². The highest BCUT2D eigenvalue weighted by molar-refractivity contribution is 5.95. The van der Waals surface area contributed by atoms with Crippen LogP contribution in [0.25, 0.3) is 0 Å². The van der Waals surface area contributed by atoms with Crippen LogP contribution in [-0.4, -0.2) is 15.7 Å². The molecular formula is C14H17N3O. The van der Waals surface area contributed by atoms with Gasteiger partial charge in [0, 0.05) is 19.3 Å². The molecule has 0 aliphatic carbocycles. The zero-order valence-electron chi connectivity index (χ0n) is 10.6. The van der Waals surface area contributed by atoms with E-state index in [1.54, 1.807) is 16.9 Å². The summed E-state index contributed by atoms with van der Waals surface area (Å²) in [7, 11) is 1.82. The number of anilines is 1. The van der Waals surface area contributed by atoms with E-state index >= 15 is 0 Å². The summed E-state index contributed by atoms with van der Waals surface area (Å²) >= 11 is 0. The molecule has 1 aromatic heterocycles. The number of carbonyl (C=O) groups excluding carboxylic acids is 1. The minimum Gasteiger partial charge on any atom is -0.309 e. The van der Waals surface area contributed by atoms with Crippen molar-refractivity contribution in [2.24, 2.45) is 7.05 Å². The topological polar surface area (TPSA) is 46.9 Å². The molecule has 1 atom stereocenters. The highest BCUT2D eigenvalue weighted by atomic mass is 16.2. The van der Waals surface area contributed by atoms with Gasteiger partial charge in [0.05, 0.1) is 5.92 Å². The van der Waals surface area contributed by atoms with E-state index in [0.717, 1.165) is 12.0 Å². The molecule has 0 radical (unpaired) electrons. The van der Waals surface area contributed by atoms with E-state index in [0.29, 0.717) is 5.82 Å². The maximum Gasteiger partial charge on any atom is 0.233 e. The Labute approximate surface area is 107 Å². The Bertz CT molecular complexity index is 519. The third-order valence-electron chi connectivity index (χ3n) is 2.89. The second-order valence-corrected chi connectivity index (χ2v) is 4.24. The fourth-order valence-corrected chi connectivity index (χ4v) is 1.95. The highest BCUT2D eigenvalue weighted by Gasteiger charge is 2.18. The first-order valence-electron chi connectivity index (χ1n) is 6.06. The average molecular weight is 243 g/mol. The smallest absolute Gasteiger partial charge is 0.233 e. The van der Waals surface area contributed by atoms with Crippen LogP contribution in [0.1, 0.15) is 24.8 Å². The average Bonchev–Trinajstić information content (AvgIpc) is 2.77. The number of benzene rings is 1. The van der Waals surface area contributed by atoms with Crippen LogP contribution in [0.2, 0.25) is 0 Å². The van der Waals surface area contributed by atoms with Gasteiger partial charge >= 0.3 is 0 Å². The van der Waals surface area contributed by atoms with Gasteiger partial charge in [-0.3, -0.25) is 9.48 Å². The molecule has 94 valence electrons. The molecule has 4 nitrogen and oxygen atoms in total. The number of rotatable bonds is 4. The maximum absolute atomic E-state index is 12.2. The number of aryl methyl sites for hydroxylation is 1. The monoisotopic (exact) mass is 243 g/mol. The molecule has 1 N–H and O–H groups in total. The molecule has 1 unspecified atom stereocenters. The molecule has 0 fully saturated rings. The molecule has 4 heteroatoms. The van der Waals surface area contributed by atoms with Crippen molar-refractivity contribution in [1.29, 1.82) is 0 Å². The lowest BCUT2D eigenvalue weighted by atomic mass is 9.96. The van der Waals surface area contributed by atoms with Crippen LogP contribution < -0.4 is 5.32 Å². The summed E-state index contributed by atoms with van der Waals surface area (Å²) in [4.78, 5) is 12.2. The summed E-state index contributed by atoms with van der Waals surface area (Å²) in [6.45, 7) is 2.01. The van der Waals surface area contributed by atoms with E-state index in [9.17, 15) is 4.79 Å². The number of hydrogen-bond donors (Lipinski definition) is 1. The molecule has 0 aliphatic heterocycles. The second-order valence-electron chi connectivity index (χ2n) is 4.24. The summed E-state index contributed by atoms with van der Waals surface area (Å²) < 4.78 is 1.67. The Morgan fingerprint density at radius 2 is 2.06 bits per heavy atom. The van der Waals surface area contributed by atoms with Gasteiger partial charge in [-0.05, 0) is 12.0 Å². The Morgan fingerprint density at radius 1 is 1.33 bits per heavy atom. The van der Waals surface area contributed by atoms with Crippen LogP contribution >= 0.6 is 0 Å². The van der Waals surface area contributed by atoms with Crippen molar-refractivity contribution in [2.45, 2.75) is 19.3 Å². The van der Waals surface area contributed by atoms with Gasteiger partial charge < -0.3 is 5.32 Å². The fraction of sp³-hybridized carbons (Fsp3) is 0.286. The minimum atomic E-state index is -0.131. The normalized spacial score (nSPS) is 12.1. The second kappa shape index (κ2) is 5.49. The van der Waals surface area contributed by atoms with Crippen LogP contribution in [0.4, 0.5) is 5.82 Å². The van der Waals surface area contributed by atoms with E-state index in [2.05, 4.69) is 10.4 Å². The lowest BCUT2D eigenvalue weighted by Crippen LogP contribution is -2.21. The van der Waals surface area contributed by atoms with Gasteiger partial charge in [0.2, 0.25) is 5.91 Å². The van der Waals surface area contributed by atoms with Gasteiger partial charge in [0.25, 0.3) is 0 Å². The first-order chi connectivity index (χ1) is 8.70. The molecule has 2 aromatic rings. The van der Waals surface area contributed by atoms with Crippen LogP contribution in [0.3, 0.4) is 0 Å². The Morgan fingerprint density at radius 3 is 2.61 bits per heavy atom. The standard InChI is InChI=1S/C14H17N3O/c1-3-12(11-7-5-4-6-8-11)14(18)15-13-9-10-17(2)16-13/h4-10,12H,3H2,1-2H3,(H,15,16,18). The molecular weight excluding hydrogens is 226 g/mol. The molecule has 1 amide bonds. The van der Waals surface area contributed by atoms with Crippen molar-refractivity contribution in [1.82, 2.24) is 9.78 Å². The van der Waals surface area contributed by atoms with Crippen LogP contribution in [-0.2, 0) is 11.8 Å². The van der Waals surface area contributed by atoms with Crippen molar-refractivity contribution in [3.8, 4) is 0 Å². The Balaban J connectivity index is 2.11. The predicted molar refractivity (Wildman–Crippen MR) is 71.3 cm³/mol. The number of amides is 1. The first kappa shape index (κ1) is 12.4. The predicted octanol–water partition coefficient (Wildman–Crippen LogP) is 2.55. The van der Waals surface area contributed by atoms with Gasteiger partial charge in [-0.2, -0.15) is 5.10 Å². The number of aromatic nitrogens is 2. The van der Waals surface area contributed by atoms with Crippen molar-refractivity contribution in [3.05, 3.63) is 48.2 Å². The molecule has 2 rings (SSSR count). The van der Waals surface area contributed by atoms with Crippen LogP contribution in [0, 0.1) is 0 Å². The first-order valence-corrected chi connectivity index (χ1v) is 6.06. The van der Waals surface area contributed by atoms with Crippen LogP contribution in [0.15, 0.2) is 42.6 Å². The number of nitrogens with zero attached hydrogens (tertiary/aromatic N) is 2. The van der Waals surface area contributed by atoms with Gasteiger partial charge in [0.1, 0.15) is 0 Å². The van der Waals surface area contributed by atoms with Gasteiger partial charge in [-0.1, -0.05) is 37.3 Å². The highest BCUT2D eigenvalue weighted by Crippen LogP contribution is 2.20. The van der Waals surface area contributed by atoms with Gasteiger partial charge in [-0.15, -0.1) is 0 Å². The summed E-state index contributed by atoms with van der Waals surface area (Å²) in [5, 5.41) is 6.99. The van der Waals surface area contributed by atoms with E-state index in [-0.39, 0.29) is 11.8 Å². The summed E-state index contributed by atoms with van der Waals surface area (Å²) in [5.41, 5.74) is 1.04. The largest absolute Gasteiger partial charge is 0.309 e. The van der Waals surface area contributed by atoms with Crippen molar-refractivity contribution in [2.75, 3.05) is 5.32 Å². The molecule has 0 bridgehead atoms. The maximum atomic E-state index is 12.2. The third kappa shape index (κ3) is 2.77. The quantitative estimate of drug-likeness (QED) is 0.897.